The first-order valence-electron chi connectivity index (χ1n) is 10.2. The number of nitrogens with one attached hydrogen (secondary N) is 1. The van der Waals surface area contributed by atoms with E-state index in [1.54, 1.807) is 29.2 Å². The van der Waals surface area contributed by atoms with E-state index in [-0.39, 0.29) is 17.2 Å². The molecule has 0 aliphatic carbocycles. The van der Waals surface area contributed by atoms with E-state index >= 15 is 0 Å². The van der Waals surface area contributed by atoms with Crippen LogP contribution in [0.25, 0.3) is 11.8 Å². The van der Waals surface area contributed by atoms with Gasteiger partial charge in [-0.25, -0.2) is 4.39 Å². The summed E-state index contributed by atoms with van der Waals surface area (Å²) in [6, 6.07) is 23.1. The van der Waals surface area contributed by atoms with Crippen molar-refractivity contribution < 1.29 is 13.9 Å². The van der Waals surface area contributed by atoms with Crippen molar-refractivity contribution in [2.75, 3.05) is 0 Å². The normalized spacial score (nSPS) is 16.5. The highest BCUT2D eigenvalue weighted by Gasteiger charge is 2.36. The van der Waals surface area contributed by atoms with Crippen molar-refractivity contribution in [3.63, 3.8) is 0 Å². The molecule has 5 nitrogen and oxygen atoms in total. The SMILES string of the molecule is N=C1C(=Cc2cccc(OCc3ccc(F)cc3)c2)C(=O)N=C2SC=C(c3ccccc3)N12. The predicted octanol–water partition coefficient (Wildman–Crippen LogP) is 5.71. The maximum absolute atomic E-state index is 13.1. The average molecular weight is 456 g/mol. The maximum Gasteiger partial charge on any atom is 0.283 e. The third kappa shape index (κ3) is 4.36. The number of thioether (sulfide) groups is 1. The molecule has 162 valence electrons. The Morgan fingerprint density at radius 1 is 1.03 bits per heavy atom. The maximum atomic E-state index is 13.1. The van der Waals surface area contributed by atoms with Crippen LogP contribution in [0.2, 0.25) is 0 Å². The van der Waals surface area contributed by atoms with Gasteiger partial charge in [-0.3, -0.25) is 15.1 Å². The number of nitrogens with zero attached hydrogens (tertiary/aromatic N) is 2. The number of hydrogen-bond acceptors (Lipinski definition) is 4. The summed E-state index contributed by atoms with van der Waals surface area (Å²) in [6.07, 6.45) is 1.65. The first-order valence-corrected chi connectivity index (χ1v) is 11.1. The van der Waals surface area contributed by atoms with Gasteiger partial charge in [0.05, 0.1) is 11.3 Å². The minimum absolute atomic E-state index is 0.0859. The van der Waals surface area contributed by atoms with E-state index in [4.69, 9.17) is 10.1 Å². The zero-order valence-corrected chi connectivity index (χ0v) is 18.2. The van der Waals surface area contributed by atoms with Gasteiger partial charge in [0.25, 0.3) is 5.91 Å². The zero-order chi connectivity index (χ0) is 22.8. The van der Waals surface area contributed by atoms with Crippen LogP contribution in [0.1, 0.15) is 16.7 Å². The smallest absolute Gasteiger partial charge is 0.283 e. The molecule has 3 aromatic rings. The topological polar surface area (TPSA) is 65.8 Å². The molecule has 0 atom stereocenters. The van der Waals surface area contributed by atoms with Gasteiger partial charge in [-0.1, -0.05) is 66.4 Å². The van der Waals surface area contributed by atoms with E-state index in [1.807, 2.05) is 53.9 Å². The van der Waals surface area contributed by atoms with Gasteiger partial charge >= 0.3 is 0 Å². The van der Waals surface area contributed by atoms with E-state index in [0.717, 1.165) is 22.4 Å². The van der Waals surface area contributed by atoms with Gasteiger partial charge in [0.15, 0.2) is 5.17 Å². The van der Waals surface area contributed by atoms with Crippen LogP contribution in [-0.2, 0) is 11.4 Å². The van der Waals surface area contributed by atoms with E-state index in [9.17, 15) is 9.18 Å². The number of ether oxygens (including phenoxy) is 1. The minimum atomic E-state index is -0.445. The molecular formula is C26H18FN3O2S. The molecular weight excluding hydrogens is 437 g/mol. The molecule has 0 spiro atoms. The lowest BCUT2D eigenvalue weighted by Crippen LogP contribution is -2.38. The van der Waals surface area contributed by atoms with Crippen LogP contribution in [0.4, 0.5) is 4.39 Å². The second-order valence-electron chi connectivity index (χ2n) is 7.42. The molecule has 0 radical (unpaired) electrons. The molecule has 2 heterocycles. The van der Waals surface area contributed by atoms with Crippen LogP contribution in [0, 0.1) is 11.2 Å². The van der Waals surface area contributed by atoms with Crippen molar-refractivity contribution in [3.8, 4) is 5.75 Å². The van der Waals surface area contributed by atoms with Crippen molar-refractivity contribution in [2.24, 2.45) is 4.99 Å². The van der Waals surface area contributed by atoms with E-state index in [1.165, 1.54) is 23.9 Å². The number of aliphatic imine (C=N–C) groups is 1. The molecule has 33 heavy (non-hydrogen) atoms. The Labute approximate surface area is 194 Å². The van der Waals surface area contributed by atoms with Gasteiger partial charge in [0, 0.05) is 5.41 Å². The van der Waals surface area contributed by atoms with Crippen molar-refractivity contribution in [2.45, 2.75) is 6.61 Å². The highest BCUT2D eigenvalue weighted by atomic mass is 32.2. The standard InChI is InChI=1S/C26H18FN3O2S/c27-20-11-9-17(10-12-20)15-32-21-8-4-5-18(13-21)14-22-24(28)30-23(19-6-2-1-3-7-19)16-33-26(30)29-25(22)31/h1-14,16,28H,15H2. The molecule has 2 aliphatic heterocycles. The molecule has 3 aromatic carbocycles. The molecule has 0 unspecified atom stereocenters. The van der Waals surface area contributed by atoms with Crippen molar-refractivity contribution in [3.05, 3.63) is 112 Å². The Morgan fingerprint density at radius 2 is 1.82 bits per heavy atom. The first-order chi connectivity index (χ1) is 16.1. The number of fused-ring (bicyclic) bond motifs is 1. The molecule has 0 fully saturated rings. The minimum Gasteiger partial charge on any atom is -0.489 e. The summed E-state index contributed by atoms with van der Waals surface area (Å²) in [6.45, 7) is 0.291. The molecule has 2 aliphatic rings. The van der Waals surface area contributed by atoms with Crippen LogP contribution in [0.3, 0.4) is 0 Å². The van der Waals surface area contributed by atoms with Crippen LogP contribution >= 0.6 is 11.8 Å². The first kappa shape index (κ1) is 20.9. The Bertz CT molecular complexity index is 1330. The summed E-state index contributed by atoms with van der Waals surface area (Å²) in [4.78, 5) is 18.6. The van der Waals surface area contributed by atoms with Gasteiger partial charge in [0.1, 0.15) is 24.0 Å². The Kier molecular flexibility index (Phi) is 5.62. The molecule has 0 aromatic heterocycles. The largest absolute Gasteiger partial charge is 0.489 e. The van der Waals surface area contributed by atoms with Gasteiger partial charge in [-0.05, 0) is 47.0 Å². The van der Waals surface area contributed by atoms with Crippen LogP contribution in [0.5, 0.6) is 5.75 Å². The fourth-order valence-electron chi connectivity index (χ4n) is 3.52. The molecule has 0 bridgehead atoms. The van der Waals surface area contributed by atoms with Crippen molar-refractivity contribution >= 4 is 40.4 Å². The third-order valence-corrected chi connectivity index (χ3v) is 6.00. The summed E-state index contributed by atoms with van der Waals surface area (Å²) in [5.41, 5.74) is 3.54. The summed E-state index contributed by atoms with van der Waals surface area (Å²) in [5, 5.41) is 11.1. The Hall–Kier alpha value is -3.97. The summed E-state index contributed by atoms with van der Waals surface area (Å²) < 4.78 is 18.9. The van der Waals surface area contributed by atoms with E-state index in [2.05, 4.69) is 4.99 Å². The predicted molar refractivity (Wildman–Crippen MR) is 129 cm³/mol. The Morgan fingerprint density at radius 3 is 2.61 bits per heavy atom. The van der Waals surface area contributed by atoms with Gasteiger partial charge in [0.2, 0.25) is 0 Å². The van der Waals surface area contributed by atoms with Crippen LogP contribution < -0.4 is 4.74 Å². The zero-order valence-electron chi connectivity index (χ0n) is 17.4. The molecule has 0 saturated carbocycles. The summed E-state index contributed by atoms with van der Waals surface area (Å²) >= 11 is 1.33. The third-order valence-electron chi connectivity index (χ3n) is 5.17. The molecule has 0 saturated heterocycles. The number of amides is 1. The molecule has 7 heteroatoms. The molecule has 5 rings (SSSR count). The average Bonchev–Trinajstić information content (AvgIpc) is 3.26. The van der Waals surface area contributed by atoms with Crippen LogP contribution in [0.15, 0.2) is 94.8 Å². The number of amidine groups is 2. The quantitative estimate of drug-likeness (QED) is 0.501. The second kappa shape index (κ2) is 8.88. The second-order valence-corrected chi connectivity index (χ2v) is 8.25. The van der Waals surface area contributed by atoms with Crippen molar-refractivity contribution in [1.29, 1.82) is 5.41 Å². The monoisotopic (exact) mass is 455 g/mol. The summed E-state index contributed by atoms with van der Waals surface area (Å²) in [5.74, 6) is -0.0458. The lowest BCUT2D eigenvalue weighted by atomic mass is 10.1. The summed E-state index contributed by atoms with van der Waals surface area (Å²) in [7, 11) is 0. The van der Waals surface area contributed by atoms with Crippen molar-refractivity contribution in [1.82, 2.24) is 4.90 Å². The van der Waals surface area contributed by atoms with E-state index < -0.39 is 5.91 Å². The van der Waals surface area contributed by atoms with Crippen LogP contribution in [-0.4, -0.2) is 21.8 Å². The number of rotatable bonds is 5. The molecule has 1 N–H and O–H groups in total. The Balaban J connectivity index is 1.38. The number of carbonyl (C=O) groups is 1. The fourth-order valence-corrected chi connectivity index (χ4v) is 4.41. The molecule has 1 amide bonds. The fraction of sp³-hybridized carbons (Fsp3) is 0.0385. The van der Waals surface area contributed by atoms with E-state index in [0.29, 0.717) is 17.5 Å². The lowest BCUT2D eigenvalue weighted by molar-refractivity contribution is -0.114. The number of benzene rings is 3. The van der Waals surface area contributed by atoms with Gasteiger partial charge in [-0.2, -0.15) is 4.99 Å². The van der Waals surface area contributed by atoms with Gasteiger partial charge in [-0.15, -0.1) is 0 Å². The number of carbonyl (C=O) groups excluding carboxylic acids is 1. The number of halogens is 1. The lowest BCUT2D eigenvalue weighted by Gasteiger charge is -2.26. The van der Waals surface area contributed by atoms with Gasteiger partial charge < -0.3 is 4.74 Å². The number of hydrogen-bond donors (Lipinski definition) is 1. The highest BCUT2D eigenvalue weighted by molar-refractivity contribution is 8.17. The highest BCUT2D eigenvalue weighted by Crippen LogP contribution is 2.37.